The maximum atomic E-state index is 11.9. The number of nitrogens with zero attached hydrogens (tertiary/aromatic N) is 1. The van der Waals surface area contributed by atoms with Crippen LogP contribution in [0.1, 0.15) is 107 Å². The summed E-state index contributed by atoms with van der Waals surface area (Å²) >= 11 is 0. The summed E-state index contributed by atoms with van der Waals surface area (Å²) in [5, 5.41) is 10.7. The van der Waals surface area contributed by atoms with E-state index in [4.69, 9.17) is 4.74 Å². The van der Waals surface area contributed by atoms with Crippen molar-refractivity contribution in [3.05, 3.63) is 35.0 Å². The molecule has 31 heavy (non-hydrogen) atoms. The summed E-state index contributed by atoms with van der Waals surface area (Å²) in [7, 11) is 0. The van der Waals surface area contributed by atoms with Gasteiger partial charge in [-0.05, 0) is 49.3 Å². The minimum atomic E-state index is -0.976. The van der Waals surface area contributed by atoms with Crippen LogP contribution >= 0.6 is 0 Å². The van der Waals surface area contributed by atoms with Gasteiger partial charge in [0.15, 0.2) is 5.69 Å². The molecule has 0 saturated heterocycles. The molecule has 0 aliphatic heterocycles. The second kappa shape index (κ2) is 13.3. The Labute approximate surface area is 188 Å². The van der Waals surface area contributed by atoms with Gasteiger partial charge in [0, 0.05) is 10.9 Å². The van der Waals surface area contributed by atoms with Crippen molar-refractivity contribution in [1.29, 1.82) is 0 Å². The van der Waals surface area contributed by atoms with Crippen LogP contribution in [0.15, 0.2) is 18.2 Å². The van der Waals surface area contributed by atoms with Gasteiger partial charge in [-0.3, -0.25) is 0 Å². The number of benzene rings is 1. The van der Waals surface area contributed by atoms with Crippen molar-refractivity contribution in [2.45, 2.75) is 98.3 Å². The van der Waals surface area contributed by atoms with Crippen LogP contribution < -0.4 is 4.74 Å². The summed E-state index contributed by atoms with van der Waals surface area (Å²) < 4.78 is 6.29. The summed E-state index contributed by atoms with van der Waals surface area (Å²) in [6, 6.07) is 6.17. The van der Waals surface area contributed by atoms with Crippen LogP contribution in [0, 0.1) is 5.92 Å². The maximum Gasteiger partial charge on any atom is 0.354 e. The van der Waals surface area contributed by atoms with Crippen LogP contribution in [-0.4, -0.2) is 22.7 Å². The Morgan fingerprint density at radius 3 is 2.42 bits per heavy atom. The third kappa shape index (κ3) is 7.83. The Hall–Kier alpha value is -2.10. The molecule has 0 radical (unpaired) electrons. The molecule has 0 saturated carbocycles. The summed E-state index contributed by atoms with van der Waals surface area (Å²) in [4.78, 5) is 16.4. The lowest BCUT2D eigenvalue weighted by atomic mass is 10.00. The van der Waals surface area contributed by atoms with Gasteiger partial charge in [-0.2, -0.15) is 0 Å². The quantitative estimate of drug-likeness (QED) is 0.297. The fourth-order valence-corrected chi connectivity index (χ4v) is 4.04. The number of unbranched alkanes of at least 4 members (excludes halogenated alkanes) is 5. The highest BCUT2D eigenvalue weighted by Gasteiger charge is 2.20. The molecule has 172 valence electrons. The molecule has 0 atom stereocenters. The molecule has 0 fully saturated rings. The number of aromatic carboxylic acids is 1. The number of aryl methyl sites for hydroxylation is 1. The number of hydrogen-bond donors (Lipinski definition) is 1. The first-order valence-electron chi connectivity index (χ1n) is 12.3. The predicted molar refractivity (Wildman–Crippen MR) is 129 cm³/mol. The number of rotatable bonds is 15. The van der Waals surface area contributed by atoms with Gasteiger partial charge in [0.1, 0.15) is 5.75 Å². The number of carboxylic acid groups (broad SMARTS) is 1. The Kier molecular flexibility index (Phi) is 10.8. The molecular formula is C27H41NO3. The van der Waals surface area contributed by atoms with Crippen molar-refractivity contribution in [2.24, 2.45) is 5.92 Å². The molecule has 1 aromatic heterocycles. The lowest BCUT2D eigenvalue weighted by Gasteiger charge is -2.17. The fourth-order valence-electron chi connectivity index (χ4n) is 4.04. The Balaban J connectivity index is 2.19. The van der Waals surface area contributed by atoms with Crippen LogP contribution in [0.3, 0.4) is 0 Å². The van der Waals surface area contributed by atoms with E-state index in [9.17, 15) is 9.90 Å². The number of aromatic nitrogens is 1. The lowest BCUT2D eigenvalue weighted by molar-refractivity contribution is 0.0689. The summed E-state index contributed by atoms with van der Waals surface area (Å²) in [5.41, 5.74) is 2.85. The molecule has 0 aliphatic rings. The fraction of sp³-hybridized carbons (Fsp3) is 0.630. The minimum Gasteiger partial charge on any atom is -0.493 e. The highest BCUT2D eigenvalue weighted by molar-refractivity contribution is 5.95. The smallest absolute Gasteiger partial charge is 0.354 e. The van der Waals surface area contributed by atoms with Crippen LogP contribution in [0.5, 0.6) is 5.75 Å². The zero-order chi connectivity index (χ0) is 22.6. The van der Waals surface area contributed by atoms with Gasteiger partial charge < -0.3 is 9.84 Å². The molecule has 0 unspecified atom stereocenters. The van der Waals surface area contributed by atoms with Gasteiger partial charge in [0.2, 0.25) is 0 Å². The van der Waals surface area contributed by atoms with E-state index in [-0.39, 0.29) is 5.69 Å². The molecular weight excluding hydrogens is 386 g/mol. The average molecular weight is 428 g/mol. The van der Waals surface area contributed by atoms with Gasteiger partial charge in [-0.15, -0.1) is 0 Å². The molecule has 0 bridgehead atoms. The SMILES string of the molecule is CCCCc1ccc2nc(C(=O)O)c(CCC)c(OCCCCCCCC(C)C)c2c1. The molecule has 1 heterocycles. The number of carboxylic acids is 1. The van der Waals surface area contributed by atoms with E-state index < -0.39 is 5.97 Å². The van der Waals surface area contributed by atoms with Crippen molar-refractivity contribution in [3.63, 3.8) is 0 Å². The third-order valence-corrected chi connectivity index (χ3v) is 5.79. The third-order valence-electron chi connectivity index (χ3n) is 5.79. The van der Waals surface area contributed by atoms with Crippen molar-refractivity contribution in [1.82, 2.24) is 4.98 Å². The zero-order valence-electron chi connectivity index (χ0n) is 20.0. The van der Waals surface area contributed by atoms with E-state index in [1.807, 2.05) is 6.07 Å². The number of pyridine rings is 1. The standard InChI is InChI=1S/C27H41NO3/c1-5-7-15-21-16-17-24-23(19-21)26(22(13-6-2)25(28-24)27(29)30)31-18-12-10-8-9-11-14-20(3)4/h16-17,19-20H,5-15,18H2,1-4H3,(H,29,30). The molecule has 0 spiro atoms. The summed E-state index contributed by atoms with van der Waals surface area (Å²) in [6.45, 7) is 9.44. The first-order valence-corrected chi connectivity index (χ1v) is 12.3. The van der Waals surface area contributed by atoms with Gasteiger partial charge in [0.25, 0.3) is 0 Å². The largest absolute Gasteiger partial charge is 0.493 e. The average Bonchev–Trinajstić information content (AvgIpc) is 2.74. The number of fused-ring (bicyclic) bond motifs is 1. The zero-order valence-corrected chi connectivity index (χ0v) is 20.0. The Morgan fingerprint density at radius 1 is 1.00 bits per heavy atom. The van der Waals surface area contributed by atoms with E-state index in [1.165, 1.54) is 31.2 Å². The number of ether oxygens (including phenoxy) is 1. The van der Waals surface area contributed by atoms with E-state index in [0.29, 0.717) is 18.5 Å². The monoisotopic (exact) mass is 427 g/mol. The van der Waals surface area contributed by atoms with Crippen LogP contribution in [0.25, 0.3) is 10.9 Å². The predicted octanol–water partition coefficient (Wildman–Crippen LogP) is 7.60. The van der Waals surface area contributed by atoms with Crippen LogP contribution in [0.4, 0.5) is 0 Å². The first-order chi connectivity index (χ1) is 15.0. The Morgan fingerprint density at radius 2 is 1.74 bits per heavy atom. The highest BCUT2D eigenvalue weighted by atomic mass is 16.5. The Bertz CT molecular complexity index is 829. The van der Waals surface area contributed by atoms with Crippen molar-refractivity contribution < 1.29 is 14.6 Å². The van der Waals surface area contributed by atoms with Crippen molar-refractivity contribution in [3.8, 4) is 5.75 Å². The molecule has 1 aromatic carbocycles. The normalized spacial score (nSPS) is 11.4. The molecule has 1 N–H and O–H groups in total. The highest BCUT2D eigenvalue weighted by Crippen LogP contribution is 2.33. The van der Waals surface area contributed by atoms with E-state index in [0.717, 1.165) is 61.1 Å². The second-order valence-electron chi connectivity index (χ2n) is 9.08. The van der Waals surface area contributed by atoms with E-state index >= 15 is 0 Å². The summed E-state index contributed by atoms with van der Waals surface area (Å²) in [6.07, 6.45) is 12.1. The van der Waals surface area contributed by atoms with Crippen LogP contribution in [0.2, 0.25) is 0 Å². The molecule has 0 aliphatic carbocycles. The van der Waals surface area contributed by atoms with Crippen molar-refractivity contribution in [2.75, 3.05) is 6.61 Å². The van der Waals surface area contributed by atoms with E-state index in [1.54, 1.807) is 0 Å². The number of hydrogen-bond acceptors (Lipinski definition) is 3. The van der Waals surface area contributed by atoms with Gasteiger partial charge in [0.05, 0.1) is 12.1 Å². The molecule has 2 rings (SSSR count). The van der Waals surface area contributed by atoms with E-state index in [2.05, 4.69) is 44.8 Å². The summed E-state index contributed by atoms with van der Waals surface area (Å²) in [5.74, 6) is 0.545. The molecule has 4 heteroatoms. The molecule has 2 aromatic rings. The lowest BCUT2D eigenvalue weighted by Crippen LogP contribution is -2.10. The first kappa shape index (κ1) is 25.2. The van der Waals surface area contributed by atoms with Gasteiger partial charge >= 0.3 is 5.97 Å². The number of carbonyl (C=O) groups is 1. The van der Waals surface area contributed by atoms with Crippen LogP contribution in [-0.2, 0) is 12.8 Å². The van der Waals surface area contributed by atoms with Crippen molar-refractivity contribution >= 4 is 16.9 Å². The van der Waals surface area contributed by atoms with Gasteiger partial charge in [-0.1, -0.05) is 78.7 Å². The minimum absolute atomic E-state index is 0.138. The topological polar surface area (TPSA) is 59.4 Å². The molecule has 4 nitrogen and oxygen atoms in total. The van der Waals surface area contributed by atoms with Gasteiger partial charge in [-0.25, -0.2) is 9.78 Å². The molecule has 0 amide bonds. The second-order valence-corrected chi connectivity index (χ2v) is 9.08. The maximum absolute atomic E-state index is 11.9.